The molecule has 8 heteroatoms. The summed E-state index contributed by atoms with van der Waals surface area (Å²) in [5.74, 6) is -1.51. The number of likely N-dealkylation sites (tertiary alicyclic amines) is 1. The second-order valence-corrected chi connectivity index (χ2v) is 12.9. The molecule has 0 radical (unpaired) electrons. The van der Waals surface area contributed by atoms with Gasteiger partial charge < -0.3 is 14.9 Å². The predicted octanol–water partition coefficient (Wildman–Crippen LogP) is 4.40. The average molecular weight is 468 g/mol. The van der Waals surface area contributed by atoms with Gasteiger partial charge in [0.05, 0.1) is 0 Å². The van der Waals surface area contributed by atoms with Crippen LogP contribution >= 0.6 is 19.1 Å². The Kier molecular flexibility index (Phi) is 9.06. The Morgan fingerprint density at radius 3 is 2.45 bits per heavy atom. The van der Waals surface area contributed by atoms with Crippen LogP contribution in [0.15, 0.2) is 30.3 Å². The molecule has 1 heterocycles. The molecule has 2 N–H and O–H groups in total. The van der Waals surface area contributed by atoms with Crippen molar-refractivity contribution in [2.24, 2.45) is 0 Å². The third kappa shape index (κ3) is 7.65. The molecule has 1 unspecified atom stereocenters. The minimum absolute atomic E-state index is 0.0945. The fourth-order valence-electron chi connectivity index (χ4n) is 4.59. The Labute approximate surface area is 189 Å². The average Bonchev–Trinajstić information content (AvgIpc) is 3.17. The van der Waals surface area contributed by atoms with Crippen LogP contribution < -0.4 is 0 Å². The van der Waals surface area contributed by atoms with Crippen molar-refractivity contribution < 1.29 is 24.2 Å². The van der Waals surface area contributed by atoms with E-state index in [0.717, 1.165) is 25.7 Å². The Hall–Kier alpha value is -1.30. The highest BCUT2D eigenvalue weighted by Gasteiger charge is 2.42. The van der Waals surface area contributed by atoms with Gasteiger partial charge in [0.15, 0.2) is 0 Å². The summed E-state index contributed by atoms with van der Waals surface area (Å²) in [6.45, 7) is 0.366. The van der Waals surface area contributed by atoms with Gasteiger partial charge in [-0.3, -0.25) is 9.36 Å². The predicted molar refractivity (Wildman–Crippen MR) is 125 cm³/mol. The third-order valence-electron chi connectivity index (χ3n) is 6.25. The summed E-state index contributed by atoms with van der Waals surface area (Å²) >= 11 is 1.81. The maximum absolute atomic E-state index is 12.8. The molecular weight excluding hydrogens is 433 g/mol. The molecule has 1 aliphatic heterocycles. The van der Waals surface area contributed by atoms with Gasteiger partial charge in [0, 0.05) is 23.2 Å². The van der Waals surface area contributed by atoms with E-state index in [4.69, 9.17) is 0 Å². The Morgan fingerprint density at radius 1 is 1.06 bits per heavy atom. The van der Waals surface area contributed by atoms with Crippen molar-refractivity contribution in [3.63, 3.8) is 0 Å². The zero-order valence-electron chi connectivity index (χ0n) is 18.0. The molecule has 172 valence electrons. The van der Waals surface area contributed by atoms with Gasteiger partial charge in [0.1, 0.15) is 12.2 Å². The number of carboxylic acid groups (broad SMARTS) is 1. The summed E-state index contributed by atoms with van der Waals surface area (Å²) in [7, 11) is -3.62. The van der Waals surface area contributed by atoms with E-state index in [-0.39, 0.29) is 11.4 Å². The molecule has 1 saturated carbocycles. The van der Waals surface area contributed by atoms with Crippen LogP contribution in [0.2, 0.25) is 0 Å². The minimum Gasteiger partial charge on any atom is -0.480 e. The van der Waals surface area contributed by atoms with Gasteiger partial charge in [0.2, 0.25) is 13.3 Å². The number of hydrogen-bond donors (Lipinski definition) is 2. The normalized spacial score (nSPS) is 24.1. The van der Waals surface area contributed by atoms with E-state index in [9.17, 15) is 24.2 Å². The Morgan fingerprint density at radius 2 is 1.77 bits per heavy atom. The number of unbranched alkanes of at least 4 members (excludes halogenated alkanes) is 1. The molecule has 0 spiro atoms. The van der Waals surface area contributed by atoms with Crippen LogP contribution in [0, 0.1) is 0 Å². The molecule has 1 aromatic carbocycles. The lowest BCUT2D eigenvalue weighted by molar-refractivity contribution is -0.147. The molecule has 3 atom stereocenters. The fourth-order valence-corrected chi connectivity index (χ4v) is 7.76. The highest BCUT2D eigenvalue weighted by Crippen LogP contribution is 2.43. The first-order valence-electron chi connectivity index (χ1n) is 11.4. The number of nitrogens with zero attached hydrogens (tertiary/aromatic N) is 1. The van der Waals surface area contributed by atoms with E-state index in [1.165, 1.54) is 29.7 Å². The number of aliphatic carboxylic acids is 1. The van der Waals surface area contributed by atoms with Gasteiger partial charge in [-0.15, -0.1) is 0 Å². The van der Waals surface area contributed by atoms with Gasteiger partial charge in [-0.05, 0) is 44.1 Å². The van der Waals surface area contributed by atoms with E-state index >= 15 is 0 Å². The molecule has 2 aliphatic rings. The van der Waals surface area contributed by atoms with Gasteiger partial charge in [-0.2, -0.15) is 11.8 Å². The van der Waals surface area contributed by atoms with E-state index in [0.29, 0.717) is 24.6 Å². The number of hydrogen-bond acceptors (Lipinski definition) is 4. The molecule has 31 heavy (non-hydrogen) atoms. The molecular formula is C23H34NO5PS. The van der Waals surface area contributed by atoms with E-state index in [1.807, 2.05) is 42.1 Å². The number of carboxylic acids is 1. The monoisotopic (exact) mass is 467 g/mol. The molecule has 0 aromatic heterocycles. The van der Waals surface area contributed by atoms with Crippen LogP contribution in [0.4, 0.5) is 0 Å². The maximum Gasteiger partial charge on any atom is 0.326 e. The molecule has 1 aromatic rings. The smallest absolute Gasteiger partial charge is 0.326 e. The van der Waals surface area contributed by atoms with Crippen molar-refractivity contribution in [2.45, 2.75) is 74.3 Å². The minimum atomic E-state index is -3.62. The number of aryl methyl sites for hydroxylation is 1. The first-order valence-corrected chi connectivity index (χ1v) is 14.3. The van der Waals surface area contributed by atoms with Crippen molar-refractivity contribution in [1.82, 2.24) is 4.90 Å². The highest BCUT2D eigenvalue weighted by molar-refractivity contribution is 8.00. The van der Waals surface area contributed by atoms with Crippen LogP contribution in [0.25, 0.3) is 0 Å². The van der Waals surface area contributed by atoms with Gasteiger partial charge >= 0.3 is 5.97 Å². The lowest BCUT2D eigenvalue weighted by atomic mass is 10.0. The summed E-state index contributed by atoms with van der Waals surface area (Å²) < 4.78 is 12.6. The van der Waals surface area contributed by atoms with E-state index in [1.54, 1.807) is 0 Å². The fraction of sp³-hybridized carbons (Fsp3) is 0.652. The molecule has 3 rings (SSSR count). The summed E-state index contributed by atoms with van der Waals surface area (Å²) in [6.07, 6.45) is 8.26. The first-order chi connectivity index (χ1) is 14.8. The summed E-state index contributed by atoms with van der Waals surface area (Å²) in [4.78, 5) is 36.2. The number of rotatable bonds is 10. The highest BCUT2D eigenvalue weighted by atomic mass is 32.2. The van der Waals surface area contributed by atoms with Crippen molar-refractivity contribution >= 4 is 31.0 Å². The third-order valence-corrected chi connectivity index (χ3v) is 9.62. The lowest BCUT2D eigenvalue weighted by Crippen LogP contribution is -2.42. The van der Waals surface area contributed by atoms with Crippen molar-refractivity contribution in [1.29, 1.82) is 0 Å². The number of carbonyl (C=O) groups excluding carboxylic acids is 1. The number of benzene rings is 1. The van der Waals surface area contributed by atoms with Crippen molar-refractivity contribution in [3.05, 3.63) is 35.9 Å². The molecule has 1 aliphatic carbocycles. The van der Waals surface area contributed by atoms with Gasteiger partial charge in [-0.25, -0.2) is 4.79 Å². The Bertz CT molecular complexity index is 783. The van der Waals surface area contributed by atoms with E-state index < -0.39 is 31.4 Å². The summed E-state index contributed by atoms with van der Waals surface area (Å²) in [5, 5.41) is 10.2. The van der Waals surface area contributed by atoms with Crippen LogP contribution in [0.5, 0.6) is 0 Å². The van der Waals surface area contributed by atoms with Gasteiger partial charge in [0.25, 0.3) is 0 Å². The van der Waals surface area contributed by atoms with Crippen molar-refractivity contribution in [3.8, 4) is 0 Å². The topological polar surface area (TPSA) is 94.9 Å². The van der Waals surface area contributed by atoms with Crippen LogP contribution in [0.3, 0.4) is 0 Å². The number of carbonyl (C=O) groups is 2. The first kappa shape index (κ1) is 24.3. The largest absolute Gasteiger partial charge is 0.480 e. The summed E-state index contributed by atoms with van der Waals surface area (Å²) in [6, 6.07) is 9.08. The van der Waals surface area contributed by atoms with Crippen LogP contribution in [-0.4, -0.2) is 62.2 Å². The van der Waals surface area contributed by atoms with Crippen LogP contribution in [-0.2, 0) is 20.6 Å². The lowest BCUT2D eigenvalue weighted by Gasteiger charge is -2.24. The number of thioether (sulfide) groups is 1. The van der Waals surface area contributed by atoms with Crippen molar-refractivity contribution in [2.75, 3.05) is 18.9 Å². The maximum atomic E-state index is 12.8. The molecule has 1 amide bonds. The zero-order chi connectivity index (χ0) is 22.3. The quantitative estimate of drug-likeness (QED) is 0.391. The Balaban J connectivity index is 1.48. The number of amides is 1. The van der Waals surface area contributed by atoms with Gasteiger partial charge in [-0.1, -0.05) is 49.6 Å². The standard InChI is InChI=1S/C23H34NO5PS/c25-22(17-30(28,29)14-8-7-11-18-9-3-1-4-10-18)24-16-20(15-21(24)23(26)27)31-19-12-5-2-6-13-19/h1,3-4,9-10,19-21H,2,5-8,11-17H2,(H,26,27)(H,28,29)/t20-,21+/m1/s1. The second-order valence-electron chi connectivity index (χ2n) is 8.82. The molecule has 1 saturated heterocycles. The SMILES string of the molecule is O=C(O)[C@@H]1C[C@@H](SC2CCCCC2)CN1C(=O)CP(=O)(O)CCCCc1ccccc1. The molecule has 6 nitrogen and oxygen atoms in total. The zero-order valence-corrected chi connectivity index (χ0v) is 19.7. The van der Waals surface area contributed by atoms with Crippen LogP contribution in [0.1, 0.15) is 56.9 Å². The molecule has 0 bridgehead atoms. The summed E-state index contributed by atoms with van der Waals surface area (Å²) in [5.41, 5.74) is 1.19. The van der Waals surface area contributed by atoms with E-state index in [2.05, 4.69) is 0 Å². The second kappa shape index (κ2) is 11.5. The molecule has 2 fully saturated rings.